The third kappa shape index (κ3) is 1.56. The van der Waals surface area contributed by atoms with Gasteiger partial charge in [-0.15, -0.1) is 0 Å². The van der Waals surface area contributed by atoms with Gasteiger partial charge in [-0.1, -0.05) is 0 Å². The molecule has 0 fully saturated rings. The van der Waals surface area contributed by atoms with E-state index < -0.39 is 0 Å². The SMILES string of the molecule is NC(CO)c1cc(Br)c2[nH]ccc2c1. The number of aliphatic hydroxyl groups is 1. The summed E-state index contributed by atoms with van der Waals surface area (Å²) in [5.74, 6) is 0. The number of aromatic amines is 1. The minimum Gasteiger partial charge on any atom is -0.394 e. The van der Waals surface area contributed by atoms with Crippen molar-refractivity contribution in [1.29, 1.82) is 0 Å². The topological polar surface area (TPSA) is 62.0 Å². The molecule has 1 aromatic carbocycles. The molecular weight excluding hydrogens is 244 g/mol. The maximum absolute atomic E-state index is 8.95. The zero-order valence-corrected chi connectivity index (χ0v) is 9.08. The van der Waals surface area contributed by atoms with Crippen LogP contribution in [0.25, 0.3) is 10.9 Å². The number of H-pyrrole nitrogens is 1. The molecule has 0 amide bonds. The molecule has 4 heteroatoms. The Balaban J connectivity index is 2.58. The molecular formula is C10H11BrN2O. The molecule has 0 spiro atoms. The average molecular weight is 255 g/mol. The molecule has 2 rings (SSSR count). The molecule has 3 nitrogen and oxygen atoms in total. The highest BCUT2D eigenvalue weighted by Crippen LogP contribution is 2.26. The zero-order chi connectivity index (χ0) is 10.1. The highest BCUT2D eigenvalue weighted by molar-refractivity contribution is 9.10. The standard InChI is InChI=1S/C10H11BrN2O/c11-8-4-7(9(12)5-14)3-6-1-2-13-10(6)8/h1-4,9,13-14H,5,12H2. The van der Waals surface area contributed by atoms with Crippen molar-refractivity contribution < 1.29 is 5.11 Å². The number of halogens is 1. The number of benzene rings is 1. The highest BCUT2D eigenvalue weighted by atomic mass is 79.9. The number of aromatic nitrogens is 1. The molecule has 1 heterocycles. The Labute approximate surface area is 90.1 Å². The summed E-state index contributed by atoms with van der Waals surface area (Å²) >= 11 is 3.46. The van der Waals surface area contributed by atoms with Gasteiger partial charge in [-0.3, -0.25) is 0 Å². The zero-order valence-electron chi connectivity index (χ0n) is 7.50. The fourth-order valence-corrected chi connectivity index (χ4v) is 2.08. The first kappa shape index (κ1) is 9.71. The third-order valence-electron chi connectivity index (χ3n) is 2.26. The third-order valence-corrected chi connectivity index (χ3v) is 2.88. The number of rotatable bonds is 2. The lowest BCUT2D eigenvalue weighted by atomic mass is 10.1. The highest BCUT2D eigenvalue weighted by Gasteiger charge is 2.08. The van der Waals surface area contributed by atoms with E-state index in [1.54, 1.807) is 0 Å². The fraction of sp³-hybridized carbons (Fsp3) is 0.200. The normalized spacial score (nSPS) is 13.4. The molecule has 4 N–H and O–H groups in total. The minimum absolute atomic E-state index is 0.0393. The molecule has 0 aliphatic heterocycles. The molecule has 14 heavy (non-hydrogen) atoms. The Hall–Kier alpha value is -0.840. The summed E-state index contributed by atoms with van der Waals surface area (Å²) in [7, 11) is 0. The van der Waals surface area contributed by atoms with Crippen LogP contribution in [0.15, 0.2) is 28.9 Å². The predicted molar refractivity (Wildman–Crippen MR) is 60.0 cm³/mol. The molecule has 2 aromatic rings. The van der Waals surface area contributed by atoms with Crippen molar-refractivity contribution >= 4 is 26.8 Å². The molecule has 1 unspecified atom stereocenters. The van der Waals surface area contributed by atoms with Crippen molar-refractivity contribution in [3.63, 3.8) is 0 Å². The van der Waals surface area contributed by atoms with Crippen LogP contribution in [0.2, 0.25) is 0 Å². The van der Waals surface area contributed by atoms with Crippen LogP contribution in [-0.4, -0.2) is 16.7 Å². The van der Waals surface area contributed by atoms with Crippen molar-refractivity contribution in [2.45, 2.75) is 6.04 Å². The second-order valence-corrected chi connectivity index (χ2v) is 4.09. The second-order valence-electron chi connectivity index (χ2n) is 3.23. The van der Waals surface area contributed by atoms with E-state index in [4.69, 9.17) is 10.8 Å². The Kier molecular flexibility index (Phi) is 2.58. The van der Waals surface area contributed by atoms with Gasteiger partial charge in [-0.25, -0.2) is 0 Å². The van der Waals surface area contributed by atoms with Crippen molar-refractivity contribution in [2.24, 2.45) is 5.73 Å². The summed E-state index contributed by atoms with van der Waals surface area (Å²) in [5, 5.41) is 10.0. The van der Waals surface area contributed by atoms with Crippen molar-refractivity contribution in [3.8, 4) is 0 Å². The van der Waals surface area contributed by atoms with E-state index in [1.807, 2.05) is 24.4 Å². The molecule has 0 aliphatic rings. The van der Waals surface area contributed by atoms with Gasteiger partial charge in [0.15, 0.2) is 0 Å². The lowest BCUT2D eigenvalue weighted by molar-refractivity contribution is 0.268. The number of hydrogen-bond acceptors (Lipinski definition) is 2. The summed E-state index contributed by atoms with van der Waals surface area (Å²) in [6.45, 7) is -0.0393. The maximum Gasteiger partial charge on any atom is 0.0624 e. The molecule has 0 bridgehead atoms. The van der Waals surface area contributed by atoms with Crippen LogP contribution in [-0.2, 0) is 0 Å². The molecule has 1 aromatic heterocycles. The van der Waals surface area contributed by atoms with E-state index in [0.29, 0.717) is 0 Å². The summed E-state index contributed by atoms with van der Waals surface area (Å²) in [4.78, 5) is 3.12. The van der Waals surface area contributed by atoms with Gasteiger partial charge in [0.1, 0.15) is 0 Å². The number of aliphatic hydroxyl groups excluding tert-OH is 1. The smallest absolute Gasteiger partial charge is 0.0624 e. The van der Waals surface area contributed by atoms with Gasteiger partial charge in [0.25, 0.3) is 0 Å². The Bertz CT molecular complexity index is 452. The number of fused-ring (bicyclic) bond motifs is 1. The first-order valence-electron chi connectivity index (χ1n) is 4.35. The summed E-state index contributed by atoms with van der Waals surface area (Å²) in [6.07, 6.45) is 1.88. The van der Waals surface area contributed by atoms with Crippen LogP contribution in [0.3, 0.4) is 0 Å². The Morgan fingerprint density at radius 3 is 3.00 bits per heavy atom. The molecule has 1 atom stereocenters. The van der Waals surface area contributed by atoms with E-state index in [-0.39, 0.29) is 12.6 Å². The van der Waals surface area contributed by atoms with Crippen LogP contribution in [0.5, 0.6) is 0 Å². The summed E-state index contributed by atoms with van der Waals surface area (Å²) in [5.41, 5.74) is 7.73. The maximum atomic E-state index is 8.95. The van der Waals surface area contributed by atoms with Crippen molar-refractivity contribution in [2.75, 3.05) is 6.61 Å². The van der Waals surface area contributed by atoms with Crippen LogP contribution in [0, 0.1) is 0 Å². The van der Waals surface area contributed by atoms with E-state index in [1.165, 1.54) is 0 Å². The second kappa shape index (κ2) is 3.73. The van der Waals surface area contributed by atoms with E-state index >= 15 is 0 Å². The number of nitrogens with two attached hydrogens (primary N) is 1. The molecule has 0 radical (unpaired) electrons. The van der Waals surface area contributed by atoms with E-state index in [2.05, 4.69) is 20.9 Å². The quantitative estimate of drug-likeness (QED) is 0.767. The average Bonchev–Trinajstić information content (AvgIpc) is 2.64. The number of nitrogens with one attached hydrogen (secondary N) is 1. The van der Waals surface area contributed by atoms with Crippen LogP contribution in [0.1, 0.15) is 11.6 Å². The van der Waals surface area contributed by atoms with Gasteiger partial charge in [-0.2, -0.15) is 0 Å². The van der Waals surface area contributed by atoms with Crippen molar-refractivity contribution in [3.05, 3.63) is 34.4 Å². The van der Waals surface area contributed by atoms with Gasteiger partial charge in [0.05, 0.1) is 18.2 Å². The number of hydrogen-bond donors (Lipinski definition) is 3. The fourth-order valence-electron chi connectivity index (χ4n) is 1.47. The predicted octanol–water partition coefficient (Wildman–Crippen LogP) is 1.92. The first-order chi connectivity index (χ1) is 6.72. The van der Waals surface area contributed by atoms with Gasteiger partial charge in [-0.05, 0) is 39.7 Å². The van der Waals surface area contributed by atoms with Gasteiger partial charge in [0, 0.05) is 16.1 Å². The summed E-state index contributed by atoms with van der Waals surface area (Å²) in [6, 6.07) is 5.58. The molecule has 74 valence electrons. The van der Waals surface area contributed by atoms with Crippen LogP contribution < -0.4 is 5.73 Å². The van der Waals surface area contributed by atoms with Gasteiger partial charge in [0.2, 0.25) is 0 Å². The molecule has 0 saturated heterocycles. The van der Waals surface area contributed by atoms with Crippen LogP contribution in [0.4, 0.5) is 0 Å². The molecule has 0 saturated carbocycles. The van der Waals surface area contributed by atoms with Gasteiger partial charge < -0.3 is 15.8 Å². The lowest BCUT2D eigenvalue weighted by Gasteiger charge is -2.09. The Morgan fingerprint density at radius 1 is 1.50 bits per heavy atom. The summed E-state index contributed by atoms with van der Waals surface area (Å²) < 4.78 is 0.971. The van der Waals surface area contributed by atoms with Crippen LogP contribution >= 0.6 is 15.9 Å². The van der Waals surface area contributed by atoms with Crippen molar-refractivity contribution in [1.82, 2.24) is 4.98 Å². The van der Waals surface area contributed by atoms with E-state index in [0.717, 1.165) is 20.9 Å². The minimum atomic E-state index is -0.314. The van der Waals surface area contributed by atoms with E-state index in [9.17, 15) is 0 Å². The monoisotopic (exact) mass is 254 g/mol. The molecule has 0 aliphatic carbocycles. The first-order valence-corrected chi connectivity index (χ1v) is 5.14. The van der Waals surface area contributed by atoms with Gasteiger partial charge >= 0.3 is 0 Å². The Morgan fingerprint density at radius 2 is 2.29 bits per heavy atom. The lowest BCUT2D eigenvalue weighted by Crippen LogP contribution is -2.14. The largest absolute Gasteiger partial charge is 0.394 e.